The molecule has 2 aliphatic rings. The average Bonchev–Trinajstić information content (AvgIpc) is 2.58. The van der Waals surface area contributed by atoms with Crippen molar-refractivity contribution in [2.75, 3.05) is 19.7 Å². The Hall–Kier alpha value is -0.830. The molecule has 132 valence electrons. The summed E-state index contributed by atoms with van der Waals surface area (Å²) in [4.78, 5) is 8.29. The number of rotatable bonds is 9. The molecule has 0 aromatic rings. The van der Waals surface area contributed by atoms with Gasteiger partial charge in [-0.15, -0.1) is 0 Å². The molecule has 0 saturated heterocycles. The molecule has 2 rings (SSSR count). The molecule has 0 fully saturated rings. The summed E-state index contributed by atoms with van der Waals surface area (Å²) in [6, 6.07) is 0.758. The van der Waals surface area contributed by atoms with Crippen molar-refractivity contribution in [3.05, 3.63) is 11.1 Å². The Balaban J connectivity index is 2.00. The highest BCUT2D eigenvalue weighted by Gasteiger charge is 2.29. The molecule has 23 heavy (non-hydrogen) atoms. The second-order valence-electron chi connectivity index (χ2n) is 7.09. The minimum Gasteiger partial charge on any atom is -0.396 e. The molecule has 0 aliphatic heterocycles. The SMILES string of the molecule is CCCCO/N=C1\CCCC2=C1CC[C@@H](N(CCC)CCC)C2. The summed E-state index contributed by atoms with van der Waals surface area (Å²) in [5, 5.41) is 4.49. The van der Waals surface area contributed by atoms with Crippen LogP contribution >= 0.6 is 0 Å². The molecule has 0 unspecified atom stereocenters. The zero-order chi connectivity index (χ0) is 16.5. The Morgan fingerprint density at radius 3 is 2.52 bits per heavy atom. The molecule has 0 aromatic heterocycles. The van der Waals surface area contributed by atoms with Crippen LogP contribution < -0.4 is 0 Å². The lowest BCUT2D eigenvalue weighted by Gasteiger charge is -2.37. The van der Waals surface area contributed by atoms with Crippen molar-refractivity contribution < 1.29 is 4.84 Å². The summed E-state index contributed by atoms with van der Waals surface area (Å²) in [5.41, 5.74) is 4.50. The molecule has 2 aliphatic carbocycles. The van der Waals surface area contributed by atoms with Crippen LogP contribution in [0.25, 0.3) is 0 Å². The van der Waals surface area contributed by atoms with Gasteiger partial charge in [0.05, 0.1) is 5.71 Å². The van der Waals surface area contributed by atoms with Gasteiger partial charge in [0.15, 0.2) is 0 Å². The summed E-state index contributed by atoms with van der Waals surface area (Å²) >= 11 is 0. The monoisotopic (exact) mass is 320 g/mol. The topological polar surface area (TPSA) is 24.8 Å². The molecular formula is C20H36N2O. The molecule has 0 heterocycles. The quantitative estimate of drug-likeness (QED) is 0.424. The third kappa shape index (κ3) is 5.34. The third-order valence-electron chi connectivity index (χ3n) is 5.18. The number of hydrogen-bond donors (Lipinski definition) is 0. The number of allylic oxidation sites excluding steroid dienone is 1. The zero-order valence-electron chi connectivity index (χ0n) is 15.6. The normalized spacial score (nSPS) is 23.5. The second kappa shape index (κ2) is 10.1. The van der Waals surface area contributed by atoms with Crippen molar-refractivity contribution in [2.24, 2.45) is 5.16 Å². The van der Waals surface area contributed by atoms with Gasteiger partial charge >= 0.3 is 0 Å². The largest absolute Gasteiger partial charge is 0.396 e. The van der Waals surface area contributed by atoms with Gasteiger partial charge in [0.25, 0.3) is 0 Å². The molecule has 0 amide bonds. The Kier molecular flexibility index (Phi) is 8.14. The molecule has 0 aromatic carbocycles. The first kappa shape index (κ1) is 18.5. The fourth-order valence-corrected chi connectivity index (χ4v) is 4.02. The number of nitrogens with zero attached hydrogens (tertiary/aromatic N) is 2. The van der Waals surface area contributed by atoms with Crippen LogP contribution in [0.2, 0.25) is 0 Å². The highest BCUT2D eigenvalue weighted by atomic mass is 16.6. The first-order valence-electron chi connectivity index (χ1n) is 9.94. The van der Waals surface area contributed by atoms with Crippen LogP contribution in [0.3, 0.4) is 0 Å². The van der Waals surface area contributed by atoms with Gasteiger partial charge in [-0.05, 0) is 76.5 Å². The van der Waals surface area contributed by atoms with Crippen molar-refractivity contribution in [3.63, 3.8) is 0 Å². The maximum Gasteiger partial charge on any atom is 0.117 e. The van der Waals surface area contributed by atoms with Crippen LogP contribution in [0.5, 0.6) is 0 Å². The minimum atomic E-state index is 0.758. The van der Waals surface area contributed by atoms with Crippen molar-refractivity contribution in [1.29, 1.82) is 0 Å². The number of hydrogen-bond acceptors (Lipinski definition) is 3. The van der Waals surface area contributed by atoms with Crippen molar-refractivity contribution in [1.82, 2.24) is 4.90 Å². The maximum atomic E-state index is 5.56. The lowest BCUT2D eigenvalue weighted by Crippen LogP contribution is -2.39. The molecule has 0 bridgehead atoms. The molecule has 0 radical (unpaired) electrons. The van der Waals surface area contributed by atoms with E-state index in [1.165, 1.54) is 70.2 Å². The summed E-state index contributed by atoms with van der Waals surface area (Å²) in [7, 11) is 0. The standard InChI is InChI=1S/C20H36N2O/c1-4-7-15-23-21-20-10-8-9-17-16-18(11-12-19(17)20)22(13-5-2)14-6-3/h18H,4-16H2,1-3H3/b21-20+/t18-/m1/s1. The van der Waals surface area contributed by atoms with E-state index in [4.69, 9.17) is 4.84 Å². The Labute approximate surface area is 143 Å². The molecule has 3 nitrogen and oxygen atoms in total. The highest BCUT2D eigenvalue weighted by Crippen LogP contribution is 2.36. The van der Waals surface area contributed by atoms with Gasteiger partial charge in [-0.2, -0.15) is 0 Å². The summed E-state index contributed by atoms with van der Waals surface area (Å²) < 4.78 is 0. The third-order valence-corrected chi connectivity index (χ3v) is 5.18. The van der Waals surface area contributed by atoms with E-state index >= 15 is 0 Å². The van der Waals surface area contributed by atoms with Gasteiger partial charge in [-0.3, -0.25) is 0 Å². The molecule has 0 N–H and O–H groups in total. The predicted molar refractivity (Wildman–Crippen MR) is 99.0 cm³/mol. The van der Waals surface area contributed by atoms with Crippen LogP contribution in [0.4, 0.5) is 0 Å². The van der Waals surface area contributed by atoms with Crippen LogP contribution in [-0.2, 0) is 4.84 Å². The van der Waals surface area contributed by atoms with Crippen molar-refractivity contribution in [2.45, 2.75) is 91.0 Å². The Bertz CT molecular complexity index is 408. The highest BCUT2D eigenvalue weighted by molar-refractivity contribution is 6.01. The minimum absolute atomic E-state index is 0.758. The second-order valence-corrected chi connectivity index (χ2v) is 7.09. The van der Waals surface area contributed by atoms with E-state index < -0.39 is 0 Å². The summed E-state index contributed by atoms with van der Waals surface area (Å²) in [5.74, 6) is 0. The number of unbranched alkanes of at least 4 members (excludes halogenated alkanes) is 1. The molecule has 1 atom stereocenters. The van der Waals surface area contributed by atoms with Gasteiger partial charge in [0.1, 0.15) is 6.61 Å². The van der Waals surface area contributed by atoms with E-state index in [0.29, 0.717) is 0 Å². The van der Waals surface area contributed by atoms with Crippen LogP contribution in [0, 0.1) is 0 Å². The van der Waals surface area contributed by atoms with Crippen molar-refractivity contribution >= 4 is 5.71 Å². The van der Waals surface area contributed by atoms with E-state index in [1.807, 2.05) is 0 Å². The Morgan fingerprint density at radius 2 is 1.83 bits per heavy atom. The van der Waals surface area contributed by atoms with Crippen molar-refractivity contribution in [3.8, 4) is 0 Å². The average molecular weight is 321 g/mol. The first-order valence-corrected chi connectivity index (χ1v) is 9.94. The predicted octanol–water partition coefficient (Wildman–Crippen LogP) is 5.31. The fraction of sp³-hybridized carbons (Fsp3) is 0.850. The molecular weight excluding hydrogens is 284 g/mol. The number of oxime groups is 1. The van der Waals surface area contributed by atoms with Crippen LogP contribution in [-0.4, -0.2) is 36.3 Å². The van der Waals surface area contributed by atoms with Crippen LogP contribution in [0.15, 0.2) is 16.3 Å². The van der Waals surface area contributed by atoms with Gasteiger partial charge in [-0.25, -0.2) is 0 Å². The molecule has 3 heteroatoms. The van der Waals surface area contributed by atoms with Gasteiger partial charge in [0.2, 0.25) is 0 Å². The smallest absolute Gasteiger partial charge is 0.117 e. The van der Waals surface area contributed by atoms with Gasteiger partial charge in [0, 0.05) is 6.04 Å². The van der Waals surface area contributed by atoms with Crippen LogP contribution in [0.1, 0.15) is 85.0 Å². The zero-order valence-corrected chi connectivity index (χ0v) is 15.6. The summed E-state index contributed by atoms with van der Waals surface area (Å²) in [6.07, 6.45) is 12.2. The Morgan fingerprint density at radius 1 is 1.04 bits per heavy atom. The van der Waals surface area contributed by atoms with E-state index in [2.05, 4.69) is 30.8 Å². The summed E-state index contributed by atoms with van der Waals surface area (Å²) in [6.45, 7) is 10.1. The van der Waals surface area contributed by atoms with Gasteiger partial charge in [-0.1, -0.05) is 37.9 Å². The fourth-order valence-electron chi connectivity index (χ4n) is 4.02. The lowest BCUT2D eigenvalue weighted by molar-refractivity contribution is 0.140. The van der Waals surface area contributed by atoms with E-state index in [9.17, 15) is 0 Å². The van der Waals surface area contributed by atoms with E-state index in [0.717, 1.165) is 25.5 Å². The molecule has 0 spiro atoms. The molecule has 0 saturated carbocycles. The first-order chi connectivity index (χ1) is 11.3. The van der Waals surface area contributed by atoms with E-state index in [-0.39, 0.29) is 0 Å². The lowest BCUT2D eigenvalue weighted by atomic mass is 9.78. The van der Waals surface area contributed by atoms with Gasteiger partial charge < -0.3 is 9.74 Å². The maximum absolute atomic E-state index is 5.56. The van der Waals surface area contributed by atoms with E-state index in [1.54, 1.807) is 11.1 Å².